The molecule has 0 bridgehead atoms. The van der Waals surface area contributed by atoms with Crippen molar-refractivity contribution < 1.29 is 4.74 Å². The molecule has 0 spiro atoms. The molecule has 0 amide bonds. The van der Waals surface area contributed by atoms with Gasteiger partial charge in [-0.25, -0.2) is 0 Å². The second kappa shape index (κ2) is 7.70. The molecule has 0 heterocycles. The van der Waals surface area contributed by atoms with E-state index < -0.39 is 0 Å². The lowest BCUT2D eigenvalue weighted by Crippen LogP contribution is -1.78. The van der Waals surface area contributed by atoms with Gasteiger partial charge in [0.15, 0.2) is 0 Å². The Kier molecular flexibility index (Phi) is 7.42. The summed E-state index contributed by atoms with van der Waals surface area (Å²) >= 11 is 9.53. The third-order valence-electron chi connectivity index (χ3n) is 0.979. The van der Waals surface area contributed by atoms with Gasteiger partial charge in [0, 0.05) is 0 Å². The smallest absolute Gasteiger partial charge is 0.118 e. The lowest BCUT2D eigenvalue weighted by atomic mass is 10.3. The fourth-order valence-electron chi connectivity index (χ4n) is 0.557. The summed E-state index contributed by atoms with van der Waals surface area (Å²) in [5.41, 5.74) is 0. The van der Waals surface area contributed by atoms with E-state index in [9.17, 15) is 0 Å². The van der Waals surface area contributed by atoms with Crippen LogP contribution in [0.4, 0.5) is 0 Å². The lowest BCUT2D eigenvalue weighted by Gasteiger charge is -1.93. The van der Waals surface area contributed by atoms with Crippen LogP contribution in [0.15, 0.2) is 30.3 Å². The summed E-state index contributed by atoms with van der Waals surface area (Å²) in [6.45, 7) is 0. The van der Waals surface area contributed by atoms with Crippen molar-refractivity contribution in [2.75, 3.05) is 12.4 Å². The summed E-state index contributed by atoms with van der Waals surface area (Å²) in [7, 11) is 1.66. The lowest BCUT2D eigenvalue weighted by molar-refractivity contribution is 0.415. The third kappa shape index (κ3) is 6.02. The van der Waals surface area contributed by atoms with Crippen LogP contribution < -0.4 is 4.74 Å². The van der Waals surface area contributed by atoms with Gasteiger partial charge < -0.3 is 4.74 Å². The molecule has 0 aliphatic rings. The number of halogens is 2. The van der Waals surface area contributed by atoms with E-state index in [4.69, 9.17) is 27.9 Å². The number of benzene rings is 1. The van der Waals surface area contributed by atoms with Crippen LogP contribution in [-0.4, -0.2) is 12.4 Å². The average molecular weight is 193 g/mol. The van der Waals surface area contributed by atoms with Gasteiger partial charge in [0.1, 0.15) is 5.75 Å². The highest BCUT2D eigenvalue weighted by atomic mass is 35.5. The molecular formula is C8H10Cl2O. The van der Waals surface area contributed by atoms with Crippen molar-refractivity contribution in [3.05, 3.63) is 30.3 Å². The Morgan fingerprint density at radius 1 is 1.18 bits per heavy atom. The summed E-state index contributed by atoms with van der Waals surface area (Å²) in [6.07, 6.45) is 0. The molecular weight excluding hydrogens is 183 g/mol. The van der Waals surface area contributed by atoms with Gasteiger partial charge in [0.25, 0.3) is 0 Å². The highest BCUT2D eigenvalue weighted by molar-refractivity contribution is 6.40. The van der Waals surface area contributed by atoms with Gasteiger partial charge >= 0.3 is 0 Å². The molecule has 0 aromatic heterocycles. The quantitative estimate of drug-likeness (QED) is 0.622. The van der Waals surface area contributed by atoms with E-state index in [0.717, 1.165) is 5.75 Å². The van der Waals surface area contributed by atoms with Crippen molar-refractivity contribution in [3.8, 4) is 5.75 Å². The van der Waals surface area contributed by atoms with Crippen LogP contribution in [0.5, 0.6) is 5.75 Å². The molecule has 0 unspecified atom stereocenters. The van der Waals surface area contributed by atoms with E-state index in [0.29, 0.717) is 0 Å². The van der Waals surface area contributed by atoms with Crippen molar-refractivity contribution >= 4 is 23.2 Å². The van der Waals surface area contributed by atoms with Crippen LogP contribution >= 0.6 is 23.2 Å². The van der Waals surface area contributed by atoms with Crippen LogP contribution in [0.2, 0.25) is 0 Å². The second-order valence-corrected chi connectivity index (χ2v) is 2.43. The number of rotatable bonds is 1. The maximum atomic E-state index is 4.91. The molecule has 1 aromatic carbocycles. The van der Waals surface area contributed by atoms with Crippen LogP contribution in [0.25, 0.3) is 0 Å². The SMILES string of the molecule is COc1ccccc1.ClCCl. The maximum Gasteiger partial charge on any atom is 0.118 e. The molecule has 0 N–H and O–H groups in total. The van der Waals surface area contributed by atoms with E-state index in [1.807, 2.05) is 30.3 Å². The van der Waals surface area contributed by atoms with Crippen molar-refractivity contribution in [2.45, 2.75) is 0 Å². The Balaban J connectivity index is 0.000000292. The Bertz CT molecular complexity index is 165. The summed E-state index contributed by atoms with van der Waals surface area (Å²) in [5.74, 6) is 0.910. The predicted molar refractivity (Wildman–Crippen MR) is 49.6 cm³/mol. The molecule has 1 nitrogen and oxygen atoms in total. The Labute approximate surface area is 76.9 Å². The monoisotopic (exact) mass is 192 g/mol. The number of hydrogen-bond donors (Lipinski definition) is 0. The number of para-hydroxylation sites is 1. The first kappa shape index (κ1) is 10.6. The van der Waals surface area contributed by atoms with Gasteiger partial charge in [0.2, 0.25) is 0 Å². The summed E-state index contributed by atoms with van der Waals surface area (Å²) in [4.78, 5) is 0. The molecule has 0 radical (unpaired) electrons. The number of hydrogen-bond acceptors (Lipinski definition) is 1. The molecule has 0 aliphatic carbocycles. The fraction of sp³-hybridized carbons (Fsp3) is 0.250. The zero-order valence-corrected chi connectivity index (χ0v) is 7.77. The van der Waals surface area contributed by atoms with E-state index in [2.05, 4.69) is 0 Å². The van der Waals surface area contributed by atoms with Gasteiger partial charge in [-0.3, -0.25) is 0 Å². The predicted octanol–water partition coefficient (Wildman–Crippen LogP) is 3.12. The number of methoxy groups -OCH3 is 1. The van der Waals surface area contributed by atoms with Gasteiger partial charge in [-0.15, -0.1) is 23.2 Å². The first-order chi connectivity index (χ1) is 5.35. The zero-order valence-electron chi connectivity index (χ0n) is 6.26. The van der Waals surface area contributed by atoms with E-state index in [-0.39, 0.29) is 5.34 Å². The molecule has 62 valence electrons. The molecule has 0 aliphatic heterocycles. The van der Waals surface area contributed by atoms with E-state index in [1.54, 1.807) is 7.11 Å². The Morgan fingerprint density at radius 2 is 1.64 bits per heavy atom. The van der Waals surface area contributed by atoms with Crippen LogP contribution in [-0.2, 0) is 0 Å². The van der Waals surface area contributed by atoms with E-state index in [1.165, 1.54) is 0 Å². The average Bonchev–Trinajstić information content (AvgIpc) is 2.08. The minimum absolute atomic E-state index is 0.194. The first-order valence-corrected chi connectivity index (χ1v) is 4.13. The molecule has 3 heteroatoms. The fourth-order valence-corrected chi connectivity index (χ4v) is 0.557. The van der Waals surface area contributed by atoms with Gasteiger partial charge in [-0.05, 0) is 12.1 Å². The van der Waals surface area contributed by atoms with Gasteiger partial charge in [-0.2, -0.15) is 0 Å². The minimum Gasteiger partial charge on any atom is -0.497 e. The molecule has 0 atom stereocenters. The van der Waals surface area contributed by atoms with Gasteiger partial charge in [-0.1, -0.05) is 18.2 Å². The topological polar surface area (TPSA) is 9.23 Å². The van der Waals surface area contributed by atoms with Crippen molar-refractivity contribution in [3.63, 3.8) is 0 Å². The van der Waals surface area contributed by atoms with Crippen LogP contribution in [0, 0.1) is 0 Å². The minimum atomic E-state index is 0.194. The van der Waals surface area contributed by atoms with Crippen molar-refractivity contribution in [1.82, 2.24) is 0 Å². The maximum absolute atomic E-state index is 4.91. The largest absolute Gasteiger partial charge is 0.497 e. The normalized spacial score (nSPS) is 7.91. The Hall–Kier alpha value is -0.400. The molecule has 1 aromatic rings. The molecule has 11 heavy (non-hydrogen) atoms. The number of alkyl halides is 2. The van der Waals surface area contributed by atoms with Crippen molar-refractivity contribution in [1.29, 1.82) is 0 Å². The Morgan fingerprint density at radius 3 is 1.91 bits per heavy atom. The molecule has 0 fully saturated rings. The molecule has 1 rings (SSSR count). The molecule has 0 saturated carbocycles. The van der Waals surface area contributed by atoms with E-state index >= 15 is 0 Å². The van der Waals surface area contributed by atoms with Crippen molar-refractivity contribution in [2.24, 2.45) is 0 Å². The third-order valence-corrected chi connectivity index (χ3v) is 0.979. The molecule has 0 saturated heterocycles. The van der Waals surface area contributed by atoms with Crippen LogP contribution in [0.1, 0.15) is 0 Å². The zero-order chi connectivity index (χ0) is 8.53. The highest BCUT2D eigenvalue weighted by Crippen LogP contribution is 2.05. The first-order valence-electron chi connectivity index (χ1n) is 3.06. The van der Waals surface area contributed by atoms with Gasteiger partial charge in [0.05, 0.1) is 12.4 Å². The number of ether oxygens (including phenoxy) is 1. The second-order valence-electron chi connectivity index (χ2n) is 1.62. The van der Waals surface area contributed by atoms with Crippen LogP contribution in [0.3, 0.4) is 0 Å². The highest BCUT2D eigenvalue weighted by Gasteiger charge is 1.80. The standard InChI is InChI=1S/C7H8O.CH2Cl2/c1-8-7-5-3-2-4-6-7;2-1-3/h2-6H,1H3;1H2. The summed E-state index contributed by atoms with van der Waals surface area (Å²) in [6, 6.07) is 9.68. The summed E-state index contributed by atoms with van der Waals surface area (Å²) in [5, 5.41) is 0.194. The summed E-state index contributed by atoms with van der Waals surface area (Å²) < 4.78 is 4.91.